The first-order valence-corrected chi connectivity index (χ1v) is 6.60. The van der Waals surface area contributed by atoms with Gasteiger partial charge in [-0.25, -0.2) is 15.2 Å². The van der Waals surface area contributed by atoms with Crippen LogP contribution >= 0.6 is 0 Å². The SMILES string of the molecule is CCCN(N)c1nc(C)n(-c2ccccc2C)c(=O)n1. The Labute approximate surface area is 117 Å². The first-order valence-electron chi connectivity index (χ1n) is 6.60. The molecule has 1 aromatic heterocycles. The molecule has 0 atom stereocenters. The number of hydrogen-bond donors (Lipinski definition) is 1. The summed E-state index contributed by atoms with van der Waals surface area (Å²) in [6.45, 7) is 6.33. The monoisotopic (exact) mass is 273 g/mol. The summed E-state index contributed by atoms with van der Waals surface area (Å²) >= 11 is 0. The van der Waals surface area contributed by atoms with Gasteiger partial charge < -0.3 is 0 Å². The van der Waals surface area contributed by atoms with E-state index in [1.54, 1.807) is 6.92 Å². The molecular formula is C14H19N5O. The Kier molecular flexibility index (Phi) is 4.14. The molecular weight excluding hydrogens is 254 g/mol. The van der Waals surface area contributed by atoms with Crippen LogP contribution < -0.4 is 16.5 Å². The summed E-state index contributed by atoms with van der Waals surface area (Å²) in [5, 5.41) is 1.40. The predicted octanol–water partition coefficient (Wildman–Crippen LogP) is 1.33. The lowest BCUT2D eigenvalue weighted by molar-refractivity contribution is 0.728. The van der Waals surface area contributed by atoms with E-state index in [9.17, 15) is 4.79 Å². The quantitative estimate of drug-likeness (QED) is 0.672. The van der Waals surface area contributed by atoms with Crippen LogP contribution in [-0.4, -0.2) is 21.1 Å². The van der Waals surface area contributed by atoms with E-state index in [1.807, 2.05) is 38.1 Å². The smallest absolute Gasteiger partial charge is 0.279 e. The highest BCUT2D eigenvalue weighted by Gasteiger charge is 2.12. The van der Waals surface area contributed by atoms with Crippen LogP contribution in [0.1, 0.15) is 24.7 Å². The Morgan fingerprint density at radius 2 is 1.95 bits per heavy atom. The van der Waals surface area contributed by atoms with Crippen molar-refractivity contribution in [3.63, 3.8) is 0 Å². The third-order valence-electron chi connectivity index (χ3n) is 3.05. The van der Waals surface area contributed by atoms with E-state index in [4.69, 9.17) is 5.84 Å². The second-order valence-corrected chi connectivity index (χ2v) is 4.67. The Balaban J connectivity index is 2.53. The van der Waals surface area contributed by atoms with Crippen LogP contribution in [0.5, 0.6) is 0 Å². The van der Waals surface area contributed by atoms with Gasteiger partial charge in [0.15, 0.2) is 0 Å². The first-order chi connectivity index (χ1) is 9.54. The molecule has 2 aromatic rings. The average molecular weight is 273 g/mol. The van der Waals surface area contributed by atoms with Crippen LogP contribution in [0.15, 0.2) is 29.1 Å². The van der Waals surface area contributed by atoms with Crippen molar-refractivity contribution in [1.82, 2.24) is 14.5 Å². The Morgan fingerprint density at radius 3 is 2.55 bits per heavy atom. The fraction of sp³-hybridized carbons (Fsp3) is 0.357. The van der Waals surface area contributed by atoms with E-state index < -0.39 is 0 Å². The van der Waals surface area contributed by atoms with Gasteiger partial charge >= 0.3 is 5.69 Å². The van der Waals surface area contributed by atoms with Gasteiger partial charge in [-0.3, -0.25) is 5.01 Å². The van der Waals surface area contributed by atoms with Crippen molar-refractivity contribution < 1.29 is 0 Å². The number of aryl methyl sites for hydroxylation is 2. The summed E-state index contributed by atoms with van der Waals surface area (Å²) in [6.07, 6.45) is 0.861. The average Bonchev–Trinajstić information content (AvgIpc) is 2.40. The predicted molar refractivity (Wildman–Crippen MR) is 78.9 cm³/mol. The number of para-hydroxylation sites is 1. The molecule has 0 saturated heterocycles. The molecule has 20 heavy (non-hydrogen) atoms. The molecule has 2 rings (SSSR count). The molecule has 0 amide bonds. The molecule has 0 fully saturated rings. The van der Waals surface area contributed by atoms with Crippen molar-refractivity contribution in [3.05, 3.63) is 46.1 Å². The van der Waals surface area contributed by atoms with E-state index >= 15 is 0 Å². The molecule has 1 heterocycles. The molecule has 0 aliphatic carbocycles. The molecule has 2 N–H and O–H groups in total. The second kappa shape index (κ2) is 5.83. The molecule has 106 valence electrons. The molecule has 0 unspecified atom stereocenters. The van der Waals surface area contributed by atoms with Crippen LogP contribution in [0.25, 0.3) is 5.69 Å². The Hall–Kier alpha value is -2.21. The Morgan fingerprint density at radius 1 is 1.25 bits per heavy atom. The minimum atomic E-state index is -0.367. The van der Waals surface area contributed by atoms with Crippen LogP contribution in [0.3, 0.4) is 0 Å². The summed E-state index contributed by atoms with van der Waals surface area (Å²) in [5.74, 6) is 6.66. The highest BCUT2D eigenvalue weighted by atomic mass is 16.1. The van der Waals surface area contributed by atoms with E-state index in [2.05, 4.69) is 9.97 Å². The normalized spacial score (nSPS) is 10.6. The molecule has 0 aliphatic rings. The van der Waals surface area contributed by atoms with Gasteiger partial charge in [0.1, 0.15) is 5.82 Å². The molecule has 6 heteroatoms. The van der Waals surface area contributed by atoms with E-state index in [-0.39, 0.29) is 11.6 Å². The number of rotatable bonds is 4. The third kappa shape index (κ3) is 2.70. The highest BCUT2D eigenvalue weighted by molar-refractivity contribution is 5.41. The van der Waals surface area contributed by atoms with Gasteiger partial charge in [0.05, 0.1) is 5.69 Å². The van der Waals surface area contributed by atoms with Gasteiger partial charge in [-0.05, 0) is 31.9 Å². The van der Waals surface area contributed by atoms with Gasteiger partial charge in [0.25, 0.3) is 0 Å². The fourth-order valence-electron chi connectivity index (χ4n) is 2.05. The maximum atomic E-state index is 12.3. The summed E-state index contributed by atoms with van der Waals surface area (Å²) < 4.78 is 1.50. The molecule has 0 radical (unpaired) electrons. The van der Waals surface area contributed by atoms with Crippen LogP contribution in [-0.2, 0) is 0 Å². The third-order valence-corrected chi connectivity index (χ3v) is 3.05. The zero-order chi connectivity index (χ0) is 14.7. The van der Waals surface area contributed by atoms with Gasteiger partial charge in [0.2, 0.25) is 5.95 Å². The summed E-state index contributed by atoms with van der Waals surface area (Å²) in [7, 11) is 0. The summed E-state index contributed by atoms with van der Waals surface area (Å²) in [4.78, 5) is 20.5. The van der Waals surface area contributed by atoms with E-state index in [0.717, 1.165) is 17.7 Å². The molecule has 0 bridgehead atoms. The molecule has 0 aliphatic heterocycles. The van der Waals surface area contributed by atoms with E-state index in [1.165, 1.54) is 9.58 Å². The first kappa shape index (κ1) is 14.2. The summed E-state index contributed by atoms with van der Waals surface area (Å²) in [5.41, 5.74) is 1.42. The molecule has 1 aromatic carbocycles. The fourth-order valence-corrected chi connectivity index (χ4v) is 2.05. The van der Waals surface area contributed by atoms with Crippen molar-refractivity contribution >= 4 is 5.95 Å². The number of anilines is 1. The molecule has 0 spiro atoms. The topological polar surface area (TPSA) is 77.0 Å². The minimum Gasteiger partial charge on any atom is -0.279 e. The van der Waals surface area contributed by atoms with E-state index in [0.29, 0.717) is 12.4 Å². The van der Waals surface area contributed by atoms with Crippen LogP contribution in [0.2, 0.25) is 0 Å². The number of nitrogens with zero attached hydrogens (tertiary/aromatic N) is 4. The number of hydrazine groups is 1. The molecule has 6 nitrogen and oxygen atoms in total. The number of hydrogen-bond acceptors (Lipinski definition) is 5. The summed E-state index contributed by atoms with van der Waals surface area (Å²) in [6, 6.07) is 7.63. The van der Waals surface area contributed by atoms with Crippen molar-refractivity contribution in [1.29, 1.82) is 0 Å². The number of benzene rings is 1. The van der Waals surface area contributed by atoms with Crippen molar-refractivity contribution in [2.75, 3.05) is 11.6 Å². The highest BCUT2D eigenvalue weighted by Crippen LogP contribution is 2.13. The maximum absolute atomic E-state index is 12.3. The standard InChI is InChI=1S/C14H19N5O/c1-4-9-18(15)13-16-11(3)19(14(20)17-13)12-8-6-5-7-10(12)2/h5-8H,4,9,15H2,1-3H3. The Bertz CT molecular complexity index is 665. The zero-order valence-electron chi connectivity index (χ0n) is 12.0. The zero-order valence-corrected chi connectivity index (χ0v) is 12.0. The van der Waals surface area contributed by atoms with Crippen LogP contribution in [0.4, 0.5) is 5.95 Å². The van der Waals surface area contributed by atoms with Gasteiger partial charge in [-0.15, -0.1) is 0 Å². The van der Waals surface area contributed by atoms with Crippen LogP contribution in [0, 0.1) is 13.8 Å². The maximum Gasteiger partial charge on any atom is 0.356 e. The van der Waals surface area contributed by atoms with Gasteiger partial charge in [-0.1, -0.05) is 25.1 Å². The lowest BCUT2D eigenvalue weighted by atomic mass is 10.2. The number of nitrogens with two attached hydrogens (primary N) is 1. The van der Waals surface area contributed by atoms with Gasteiger partial charge in [-0.2, -0.15) is 9.97 Å². The van der Waals surface area contributed by atoms with Crippen molar-refractivity contribution in [2.45, 2.75) is 27.2 Å². The lowest BCUT2D eigenvalue weighted by Crippen LogP contribution is -2.37. The lowest BCUT2D eigenvalue weighted by Gasteiger charge is -2.17. The number of aromatic nitrogens is 3. The second-order valence-electron chi connectivity index (χ2n) is 4.67. The van der Waals surface area contributed by atoms with Crippen molar-refractivity contribution in [3.8, 4) is 5.69 Å². The largest absolute Gasteiger partial charge is 0.356 e. The van der Waals surface area contributed by atoms with Gasteiger partial charge in [0, 0.05) is 6.54 Å². The minimum absolute atomic E-state index is 0.263. The molecule has 0 saturated carbocycles. The van der Waals surface area contributed by atoms with Crippen molar-refractivity contribution in [2.24, 2.45) is 5.84 Å².